The fourth-order valence-electron chi connectivity index (χ4n) is 3.52. The third-order valence-electron chi connectivity index (χ3n) is 4.81. The second-order valence-corrected chi connectivity index (χ2v) is 7.67. The number of aromatic amines is 1. The van der Waals surface area contributed by atoms with E-state index in [9.17, 15) is 4.79 Å². The summed E-state index contributed by atoms with van der Waals surface area (Å²) in [5, 5.41) is 7.64. The molecule has 0 saturated carbocycles. The number of aryl methyl sites for hydroxylation is 1. The molecule has 1 aliphatic heterocycles. The molecule has 1 aromatic carbocycles. The Balaban J connectivity index is 1.72. The molecule has 2 N–H and O–H groups in total. The lowest BCUT2D eigenvalue weighted by atomic mass is 10.0. The highest BCUT2D eigenvalue weighted by Crippen LogP contribution is 2.44. The van der Waals surface area contributed by atoms with Gasteiger partial charge < -0.3 is 15.0 Å². The van der Waals surface area contributed by atoms with Gasteiger partial charge in [-0.25, -0.2) is 15.0 Å². The molecule has 29 heavy (non-hydrogen) atoms. The summed E-state index contributed by atoms with van der Waals surface area (Å²) in [7, 11) is 1.64. The summed E-state index contributed by atoms with van der Waals surface area (Å²) in [6.45, 7) is 1.94. The number of carbonyl (C=O) groups is 1. The summed E-state index contributed by atoms with van der Waals surface area (Å²) >= 11 is 1.56. The van der Waals surface area contributed by atoms with Gasteiger partial charge in [-0.3, -0.25) is 4.79 Å². The fraction of sp³-hybridized carbons (Fsp3) is 0.211. The molecule has 5 rings (SSSR count). The van der Waals surface area contributed by atoms with E-state index in [-0.39, 0.29) is 11.2 Å². The highest BCUT2D eigenvalue weighted by atomic mass is 32.2. The van der Waals surface area contributed by atoms with Crippen LogP contribution < -0.4 is 10.1 Å². The van der Waals surface area contributed by atoms with Crippen LogP contribution in [-0.4, -0.2) is 48.5 Å². The maximum absolute atomic E-state index is 12.5. The first-order valence-corrected chi connectivity index (χ1v) is 10.00. The van der Waals surface area contributed by atoms with Crippen LogP contribution in [0.15, 0.2) is 36.9 Å². The van der Waals surface area contributed by atoms with Crippen LogP contribution in [0.25, 0.3) is 17.0 Å². The number of nitrogens with zero attached hydrogens (tertiary/aromatic N) is 5. The molecule has 146 valence electrons. The van der Waals surface area contributed by atoms with Gasteiger partial charge in [0, 0.05) is 5.56 Å². The number of hydrogen-bond donors (Lipinski definition) is 2. The highest BCUT2D eigenvalue weighted by Gasteiger charge is 2.31. The van der Waals surface area contributed by atoms with Crippen molar-refractivity contribution in [2.24, 2.45) is 0 Å². The molecule has 0 radical (unpaired) electrons. The van der Waals surface area contributed by atoms with Crippen molar-refractivity contribution in [3.8, 4) is 11.6 Å². The summed E-state index contributed by atoms with van der Waals surface area (Å²) in [6, 6.07) is 7.88. The minimum Gasteiger partial charge on any atom is -0.497 e. The number of fused-ring (bicyclic) bond motifs is 2. The number of hydrogen-bond acceptors (Lipinski definition) is 7. The predicted octanol–water partition coefficient (Wildman–Crippen LogP) is 2.63. The summed E-state index contributed by atoms with van der Waals surface area (Å²) < 4.78 is 7.05. The van der Waals surface area contributed by atoms with E-state index >= 15 is 0 Å². The van der Waals surface area contributed by atoms with Crippen molar-refractivity contribution < 1.29 is 9.53 Å². The van der Waals surface area contributed by atoms with Gasteiger partial charge >= 0.3 is 0 Å². The van der Waals surface area contributed by atoms with Crippen molar-refractivity contribution in [3.63, 3.8) is 0 Å². The molecule has 3 aromatic heterocycles. The van der Waals surface area contributed by atoms with Gasteiger partial charge in [-0.15, -0.1) is 11.8 Å². The maximum Gasteiger partial charge on any atom is 0.235 e. The molecule has 0 bridgehead atoms. The normalized spacial score (nSPS) is 16.3. The Labute approximate surface area is 169 Å². The standard InChI is InChI=1S/C19H17N7O2S/c1-10-14-16(11-4-3-5-12(6-11)28-2)29-7-13(27)24-18(14)26(25-10)19-15-17(21-8-20-15)22-9-23-19/h3-6,8-9,16H,7H2,1-2H3,(H,24,27)(H,20,21,22,23)/t16-/m1/s1. The van der Waals surface area contributed by atoms with Gasteiger partial charge in [-0.05, 0) is 24.6 Å². The number of thioether (sulfide) groups is 1. The molecule has 9 nitrogen and oxygen atoms in total. The molecule has 1 amide bonds. The molecule has 0 saturated heterocycles. The Morgan fingerprint density at radius 2 is 2.17 bits per heavy atom. The Hall–Kier alpha value is -3.40. The van der Waals surface area contributed by atoms with Crippen LogP contribution in [-0.2, 0) is 4.79 Å². The second kappa shape index (κ2) is 6.89. The Morgan fingerprint density at radius 3 is 3.03 bits per heavy atom. The van der Waals surface area contributed by atoms with Crippen molar-refractivity contribution in [2.75, 3.05) is 18.2 Å². The van der Waals surface area contributed by atoms with Gasteiger partial charge in [0.15, 0.2) is 11.5 Å². The molecule has 0 fully saturated rings. The molecule has 10 heteroatoms. The third kappa shape index (κ3) is 2.92. The van der Waals surface area contributed by atoms with E-state index < -0.39 is 0 Å². The monoisotopic (exact) mass is 407 g/mol. The van der Waals surface area contributed by atoms with Crippen LogP contribution in [0, 0.1) is 6.92 Å². The summed E-state index contributed by atoms with van der Waals surface area (Å²) in [4.78, 5) is 28.3. The quantitative estimate of drug-likeness (QED) is 0.537. The van der Waals surface area contributed by atoms with Crippen LogP contribution >= 0.6 is 11.8 Å². The SMILES string of the molecule is COc1cccc([C@H]2SCC(=O)Nc3c2c(C)nn3-c2ncnc3nc[nH]c23)c1. The lowest BCUT2D eigenvalue weighted by Gasteiger charge is -2.16. The van der Waals surface area contributed by atoms with Crippen LogP contribution in [0.5, 0.6) is 5.75 Å². The average molecular weight is 407 g/mol. The molecule has 0 unspecified atom stereocenters. The molecule has 4 heterocycles. The highest BCUT2D eigenvalue weighted by molar-refractivity contribution is 8.00. The number of rotatable bonds is 3. The Kier molecular flexibility index (Phi) is 4.20. The maximum atomic E-state index is 12.5. The summed E-state index contributed by atoms with van der Waals surface area (Å²) in [5.74, 6) is 2.17. The van der Waals surface area contributed by atoms with E-state index in [1.165, 1.54) is 6.33 Å². The smallest absolute Gasteiger partial charge is 0.235 e. The molecule has 4 aromatic rings. The molecule has 0 spiro atoms. The largest absolute Gasteiger partial charge is 0.497 e. The number of methoxy groups -OCH3 is 1. The number of nitrogens with one attached hydrogen (secondary N) is 2. The van der Waals surface area contributed by atoms with Gasteiger partial charge in [-0.1, -0.05) is 12.1 Å². The number of carbonyl (C=O) groups excluding carboxylic acids is 1. The van der Waals surface area contributed by atoms with Crippen LogP contribution in [0.3, 0.4) is 0 Å². The minimum absolute atomic E-state index is 0.0769. The summed E-state index contributed by atoms with van der Waals surface area (Å²) in [6.07, 6.45) is 3.00. The second-order valence-electron chi connectivity index (χ2n) is 6.57. The average Bonchev–Trinajstić information content (AvgIpc) is 3.29. The van der Waals surface area contributed by atoms with Gasteiger partial charge in [-0.2, -0.15) is 9.78 Å². The number of H-pyrrole nitrogens is 1. The minimum atomic E-state index is -0.0855. The van der Waals surface area contributed by atoms with Crippen molar-refractivity contribution in [2.45, 2.75) is 12.2 Å². The number of imidazole rings is 1. The number of anilines is 1. The predicted molar refractivity (Wildman–Crippen MR) is 109 cm³/mol. The van der Waals surface area contributed by atoms with Crippen molar-refractivity contribution in [3.05, 3.63) is 53.7 Å². The third-order valence-corrected chi connectivity index (χ3v) is 6.08. The number of amides is 1. The Bertz CT molecular complexity index is 1230. The zero-order valence-electron chi connectivity index (χ0n) is 15.7. The van der Waals surface area contributed by atoms with Crippen molar-refractivity contribution in [1.29, 1.82) is 0 Å². The van der Waals surface area contributed by atoms with E-state index in [4.69, 9.17) is 9.84 Å². The van der Waals surface area contributed by atoms with E-state index in [2.05, 4.69) is 25.3 Å². The number of ether oxygens (including phenoxy) is 1. The van der Waals surface area contributed by atoms with E-state index in [1.807, 2.05) is 31.2 Å². The first-order chi connectivity index (χ1) is 14.2. The van der Waals surface area contributed by atoms with Gasteiger partial charge in [0.25, 0.3) is 0 Å². The van der Waals surface area contributed by atoms with Crippen LogP contribution in [0.2, 0.25) is 0 Å². The van der Waals surface area contributed by atoms with E-state index in [0.29, 0.717) is 28.6 Å². The summed E-state index contributed by atoms with van der Waals surface area (Å²) in [5.41, 5.74) is 4.00. The lowest BCUT2D eigenvalue weighted by Crippen LogP contribution is -2.16. The zero-order valence-corrected chi connectivity index (χ0v) is 16.5. The lowest BCUT2D eigenvalue weighted by molar-refractivity contribution is -0.113. The van der Waals surface area contributed by atoms with Gasteiger partial charge in [0.2, 0.25) is 5.91 Å². The first-order valence-electron chi connectivity index (χ1n) is 8.95. The molecule has 1 atom stereocenters. The van der Waals surface area contributed by atoms with Gasteiger partial charge in [0.1, 0.15) is 23.4 Å². The number of aromatic nitrogens is 6. The van der Waals surface area contributed by atoms with E-state index in [1.54, 1.807) is 29.9 Å². The van der Waals surface area contributed by atoms with Crippen LogP contribution in [0.1, 0.15) is 22.1 Å². The molecular formula is C19H17N7O2S. The molecular weight excluding hydrogens is 390 g/mol. The van der Waals surface area contributed by atoms with E-state index in [0.717, 1.165) is 22.6 Å². The van der Waals surface area contributed by atoms with Crippen LogP contribution in [0.4, 0.5) is 5.82 Å². The Morgan fingerprint density at radius 1 is 1.28 bits per heavy atom. The van der Waals surface area contributed by atoms with Gasteiger partial charge in [0.05, 0.1) is 30.1 Å². The van der Waals surface area contributed by atoms with Crippen molar-refractivity contribution in [1.82, 2.24) is 29.7 Å². The topological polar surface area (TPSA) is 111 Å². The molecule has 0 aliphatic carbocycles. The first kappa shape index (κ1) is 17.7. The molecule has 1 aliphatic rings. The van der Waals surface area contributed by atoms with Crippen molar-refractivity contribution >= 4 is 34.7 Å². The zero-order chi connectivity index (χ0) is 20.0. The fourth-order valence-corrected chi connectivity index (χ4v) is 4.70. The number of benzene rings is 1.